The van der Waals surface area contributed by atoms with Crippen molar-refractivity contribution in [3.8, 4) is 0 Å². The van der Waals surface area contributed by atoms with Gasteiger partial charge in [0.1, 0.15) is 10.2 Å². The minimum Gasteiger partial charge on any atom is -0.341 e. The Hall–Kier alpha value is -0.590. The van der Waals surface area contributed by atoms with E-state index < -0.39 is 9.75 Å². The predicted molar refractivity (Wildman–Crippen MR) is 84.1 cm³/mol. The van der Waals surface area contributed by atoms with Crippen molar-refractivity contribution in [3.05, 3.63) is 10.6 Å². The van der Waals surface area contributed by atoms with E-state index in [1.54, 1.807) is 0 Å². The first-order valence-electron chi connectivity index (χ1n) is 7.05. The van der Waals surface area contributed by atoms with Gasteiger partial charge in [-0.3, -0.25) is 9.89 Å². The normalized spacial score (nSPS) is 31.2. The zero-order valence-corrected chi connectivity index (χ0v) is 14.4. The smallest absolute Gasteiger partial charge is 0.231 e. The molecular formula is C13H18Cl2N4OS. The predicted octanol–water partition coefficient (Wildman–Crippen LogP) is 2.77. The third kappa shape index (κ3) is 2.41. The van der Waals surface area contributed by atoms with Crippen LogP contribution >= 0.6 is 35.4 Å². The van der Waals surface area contributed by atoms with E-state index in [0.717, 1.165) is 25.2 Å². The number of piperidine rings is 1. The van der Waals surface area contributed by atoms with Crippen LogP contribution in [0.3, 0.4) is 0 Å². The number of amides is 1. The van der Waals surface area contributed by atoms with Crippen LogP contribution in [0, 0.1) is 10.2 Å². The first-order valence-corrected chi connectivity index (χ1v) is 8.21. The average Bonchev–Trinajstić information content (AvgIpc) is 2.78. The lowest BCUT2D eigenvalue weighted by atomic mass is 9.95. The second-order valence-corrected chi connectivity index (χ2v) is 8.12. The first-order chi connectivity index (χ1) is 9.76. The van der Waals surface area contributed by atoms with E-state index in [9.17, 15) is 4.79 Å². The fourth-order valence-corrected chi connectivity index (χ4v) is 3.91. The van der Waals surface area contributed by atoms with Crippen LogP contribution in [0.15, 0.2) is 0 Å². The maximum Gasteiger partial charge on any atom is 0.231 e. The maximum atomic E-state index is 12.7. The number of rotatable bonds is 2. The van der Waals surface area contributed by atoms with Gasteiger partial charge in [-0.05, 0) is 38.4 Å². The Balaban J connectivity index is 1.76. The van der Waals surface area contributed by atoms with Crippen molar-refractivity contribution in [2.75, 3.05) is 13.1 Å². The molecule has 5 nitrogen and oxygen atoms in total. The van der Waals surface area contributed by atoms with E-state index in [-0.39, 0.29) is 11.8 Å². The fourth-order valence-electron chi connectivity index (χ4n) is 3.08. The summed E-state index contributed by atoms with van der Waals surface area (Å²) in [6.07, 6.45) is 2.47. The molecule has 2 aliphatic rings. The number of carbonyl (C=O) groups excluding carboxylic acids is 1. The molecule has 1 aromatic heterocycles. The Morgan fingerprint density at radius 1 is 1.52 bits per heavy atom. The van der Waals surface area contributed by atoms with Crippen LogP contribution in [0.25, 0.3) is 0 Å². The van der Waals surface area contributed by atoms with Crippen LogP contribution < -0.4 is 0 Å². The molecule has 116 valence electrons. The van der Waals surface area contributed by atoms with Gasteiger partial charge in [-0.25, -0.2) is 0 Å². The number of hydrogen-bond acceptors (Lipinski definition) is 3. The van der Waals surface area contributed by atoms with E-state index >= 15 is 0 Å². The Bertz CT molecular complexity index is 640. The monoisotopic (exact) mass is 348 g/mol. The van der Waals surface area contributed by atoms with Crippen LogP contribution in [-0.2, 0) is 11.8 Å². The standard InChI is InChI=1S/C13H18Cl2N4OS/c1-12(7-13(12,14)15)10(20)19-5-3-4-8(6-19)9-16-17-11(21)18(9)2/h8H,3-7H2,1-2H3,(H,17,21)/t8-,12+/m0/s1. The van der Waals surface area contributed by atoms with Crippen molar-refractivity contribution < 1.29 is 4.79 Å². The summed E-state index contributed by atoms with van der Waals surface area (Å²) in [6.45, 7) is 3.24. The zero-order valence-electron chi connectivity index (χ0n) is 12.0. The molecule has 8 heteroatoms. The van der Waals surface area contributed by atoms with Gasteiger partial charge in [-0.1, -0.05) is 0 Å². The molecule has 3 rings (SSSR count). The highest BCUT2D eigenvalue weighted by Gasteiger charge is 2.68. The van der Waals surface area contributed by atoms with Gasteiger partial charge < -0.3 is 9.47 Å². The van der Waals surface area contributed by atoms with Crippen LogP contribution in [0.1, 0.15) is 37.9 Å². The van der Waals surface area contributed by atoms with Gasteiger partial charge in [0, 0.05) is 26.1 Å². The zero-order chi connectivity index (χ0) is 15.4. The van der Waals surface area contributed by atoms with Crippen LogP contribution in [-0.4, -0.2) is 43.0 Å². The molecule has 1 saturated heterocycles. The summed E-state index contributed by atoms with van der Waals surface area (Å²) >= 11 is 17.4. The molecule has 0 unspecified atom stereocenters. The van der Waals surface area contributed by atoms with Gasteiger partial charge in [0.25, 0.3) is 0 Å². The highest BCUT2D eigenvalue weighted by Crippen LogP contribution is 2.64. The number of aromatic nitrogens is 3. The Kier molecular flexibility index (Phi) is 3.62. The Morgan fingerprint density at radius 2 is 2.19 bits per heavy atom. The summed E-state index contributed by atoms with van der Waals surface area (Å²) in [5.74, 6) is 1.15. The van der Waals surface area contributed by atoms with Crippen molar-refractivity contribution in [1.29, 1.82) is 0 Å². The summed E-state index contributed by atoms with van der Waals surface area (Å²) in [6, 6.07) is 0. The van der Waals surface area contributed by atoms with E-state index in [4.69, 9.17) is 35.4 Å². The van der Waals surface area contributed by atoms with Gasteiger partial charge in [0.15, 0.2) is 4.77 Å². The van der Waals surface area contributed by atoms with Crippen molar-refractivity contribution in [2.24, 2.45) is 12.5 Å². The van der Waals surface area contributed by atoms with Crippen molar-refractivity contribution in [3.63, 3.8) is 0 Å². The van der Waals surface area contributed by atoms with E-state index in [2.05, 4.69) is 10.2 Å². The number of carbonyl (C=O) groups is 1. The Labute approximate surface area is 138 Å². The van der Waals surface area contributed by atoms with Crippen molar-refractivity contribution in [1.82, 2.24) is 19.7 Å². The molecule has 1 N–H and O–H groups in total. The highest BCUT2D eigenvalue weighted by atomic mass is 35.5. The third-order valence-electron chi connectivity index (χ3n) is 4.72. The van der Waals surface area contributed by atoms with E-state index in [1.807, 2.05) is 23.4 Å². The van der Waals surface area contributed by atoms with Crippen LogP contribution in [0.4, 0.5) is 0 Å². The summed E-state index contributed by atoms with van der Waals surface area (Å²) in [5.41, 5.74) is -0.644. The highest BCUT2D eigenvalue weighted by molar-refractivity contribution is 7.71. The topological polar surface area (TPSA) is 53.9 Å². The summed E-state index contributed by atoms with van der Waals surface area (Å²) < 4.78 is 1.56. The summed E-state index contributed by atoms with van der Waals surface area (Å²) in [7, 11) is 1.90. The molecule has 2 atom stereocenters. The number of H-pyrrole nitrogens is 1. The molecule has 2 heterocycles. The van der Waals surface area contributed by atoms with Crippen molar-refractivity contribution in [2.45, 2.75) is 36.4 Å². The minimum absolute atomic E-state index is 0.0500. The number of hydrogen-bond donors (Lipinski definition) is 1. The number of likely N-dealkylation sites (tertiary alicyclic amines) is 1. The van der Waals surface area contributed by atoms with Gasteiger partial charge in [-0.2, -0.15) is 5.10 Å². The molecule has 1 saturated carbocycles. The van der Waals surface area contributed by atoms with Crippen molar-refractivity contribution >= 4 is 41.3 Å². The summed E-state index contributed by atoms with van der Waals surface area (Å²) in [4.78, 5) is 14.5. The molecule has 1 aliphatic carbocycles. The maximum absolute atomic E-state index is 12.7. The lowest BCUT2D eigenvalue weighted by molar-refractivity contribution is -0.137. The molecule has 0 spiro atoms. The fraction of sp³-hybridized carbons (Fsp3) is 0.769. The number of halogens is 2. The quantitative estimate of drug-likeness (QED) is 0.660. The molecule has 1 amide bonds. The minimum atomic E-state index is -0.915. The lowest BCUT2D eigenvalue weighted by Gasteiger charge is -2.34. The molecule has 0 radical (unpaired) electrons. The van der Waals surface area contributed by atoms with Crippen LogP contribution in [0.5, 0.6) is 0 Å². The number of aromatic amines is 1. The molecular weight excluding hydrogens is 331 g/mol. The molecule has 0 aromatic carbocycles. The lowest BCUT2D eigenvalue weighted by Crippen LogP contribution is -2.44. The van der Waals surface area contributed by atoms with Gasteiger partial charge in [-0.15, -0.1) is 23.2 Å². The van der Waals surface area contributed by atoms with Gasteiger partial charge in [0.2, 0.25) is 5.91 Å². The Morgan fingerprint density at radius 3 is 2.71 bits per heavy atom. The van der Waals surface area contributed by atoms with Gasteiger partial charge in [0.05, 0.1) is 5.41 Å². The molecule has 1 aromatic rings. The molecule has 21 heavy (non-hydrogen) atoms. The molecule has 0 bridgehead atoms. The second kappa shape index (κ2) is 4.96. The second-order valence-electron chi connectivity index (χ2n) is 6.25. The molecule has 1 aliphatic heterocycles. The van der Waals surface area contributed by atoms with E-state index in [0.29, 0.717) is 17.7 Å². The van der Waals surface area contributed by atoms with E-state index in [1.165, 1.54) is 0 Å². The molecule has 2 fully saturated rings. The third-order valence-corrected chi connectivity index (χ3v) is 6.18. The number of alkyl halides is 2. The number of nitrogens with zero attached hydrogens (tertiary/aromatic N) is 3. The number of nitrogens with one attached hydrogen (secondary N) is 1. The first kappa shape index (κ1) is 15.3. The largest absolute Gasteiger partial charge is 0.341 e. The average molecular weight is 349 g/mol. The van der Waals surface area contributed by atoms with Crippen LogP contribution in [0.2, 0.25) is 0 Å². The summed E-state index contributed by atoms with van der Waals surface area (Å²) in [5, 5.41) is 7.10. The SMILES string of the molecule is Cn1c([C@H]2CCCN(C(=O)[C@@]3(C)CC3(Cl)Cl)C2)n[nH]c1=S. The van der Waals surface area contributed by atoms with Gasteiger partial charge >= 0.3 is 0 Å².